The molecule has 1 aromatic heterocycles. The molecule has 1 rings (SSSR count). The second-order valence-electron chi connectivity index (χ2n) is 2.34. The number of nitrogens with zero attached hydrogens (tertiary/aromatic N) is 4. The molecule has 0 radical (unpaired) electrons. The highest BCUT2D eigenvalue weighted by Gasteiger charge is 2.14. The highest BCUT2D eigenvalue weighted by atomic mass is 16.3. The third-order valence-electron chi connectivity index (χ3n) is 1.64. The van der Waals surface area contributed by atoms with E-state index >= 15 is 0 Å². The van der Waals surface area contributed by atoms with Crippen LogP contribution < -0.4 is 0 Å². The number of aliphatic hydroxyl groups is 1. The van der Waals surface area contributed by atoms with Gasteiger partial charge in [-0.25, -0.2) is 4.68 Å². The minimum absolute atomic E-state index is 0.191. The normalized spacial score (nSPS) is 12.4. The zero-order valence-corrected chi connectivity index (χ0v) is 6.80. The average molecular weight is 166 g/mol. The van der Waals surface area contributed by atoms with Gasteiger partial charge in [-0.05, 0) is 6.92 Å². The first-order valence-electron chi connectivity index (χ1n) is 3.72. The molecule has 0 aliphatic rings. The Morgan fingerprint density at radius 3 is 3.08 bits per heavy atom. The van der Waals surface area contributed by atoms with Gasteiger partial charge in [0.25, 0.3) is 0 Å². The van der Waals surface area contributed by atoms with E-state index in [-0.39, 0.29) is 6.61 Å². The Balaban J connectivity index is 2.93. The Morgan fingerprint density at radius 2 is 2.58 bits per heavy atom. The third kappa shape index (κ3) is 1.43. The van der Waals surface area contributed by atoms with Gasteiger partial charge in [-0.1, -0.05) is 5.21 Å². The van der Waals surface area contributed by atoms with Crippen molar-refractivity contribution in [1.29, 1.82) is 5.26 Å². The average Bonchev–Trinajstić information content (AvgIpc) is 2.55. The van der Waals surface area contributed by atoms with Gasteiger partial charge >= 0.3 is 0 Å². The van der Waals surface area contributed by atoms with Crippen molar-refractivity contribution in [2.24, 2.45) is 0 Å². The van der Waals surface area contributed by atoms with Crippen LogP contribution in [0.2, 0.25) is 0 Å². The first-order chi connectivity index (χ1) is 5.83. The number of nitriles is 1. The lowest BCUT2D eigenvalue weighted by Gasteiger charge is -2.05. The van der Waals surface area contributed by atoms with E-state index in [2.05, 4.69) is 10.3 Å². The molecule has 1 unspecified atom stereocenters. The number of aromatic nitrogens is 3. The Morgan fingerprint density at radius 1 is 1.83 bits per heavy atom. The smallest absolute Gasteiger partial charge is 0.113 e. The van der Waals surface area contributed by atoms with Crippen LogP contribution in [-0.2, 0) is 6.54 Å². The van der Waals surface area contributed by atoms with E-state index < -0.39 is 5.92 Å². The van der Waals surface area contributed by atoms with Crippen LogP contribution in [0.15, 0.2) is 6.20 Å². The van der Waals surface area contributed by atoms with Crippen molar-refractivity contribution >= 4 is 0 Å². The fraction of sp³-hybridized carbons (Fsp3) is 0.571. The summed E-state index contributed by atoms with van der Waals surface area (Å²) in [7, 11) is 0. The summed E-state index contributed by atoms with van der Waals surface area (Å²) in [6.45, 7) is 2.38. The molecular formula is C7H10N4O. The van der Waals surface area contributed by atoms with Gasteiger partial charge in [0.2, 0.25) is 0 Å². The van der Waals surface area contributed by atoms with E-state index in [1.807, 2.05) is 13.0 Å². The lowest BCUT2D eigenvalue weighted by atomic mass is 10.1. The van der Waals surface area contributed by atoms with E-state index in [0.717, 1.165) is 0 Å². The monoisotopic (exact) mass is 166 g/mol. The summed E-state index contributed by atoms with van der Waals surface area (Å²) < 4.78 is 1.60. The molecule has 0 spiro atoms. The predicted octanol–water partition coefficient (Wildman–Crippen LogP) is -0.103. The first kappa shape index (κ1) is 8.68. The van der Waals surface area contributed by atoms with Crippen molar-refractivity contribution in [2.75, 3.05) is 6.61 Å². The van der Waals surface area contributed by atoms with Crippen LogP contribution in [0.5, 0.6) is 0 Å². The lowest BCUT2D eigenvalue weighted by molar-refractivity contribution is 0.281. The van der Waals surface area contributed by atoms with E-state index in [4.69, 9.17) is 10.4 Å². The van der Waals surface area contributed by atoms with Gasteiger partial charge in [-0.3, -0.25) is 0 Å². The van der Waals surface area contributed by atoms with Crippen molar-refractivity contribution in [3.63, 3.8) is 0 Å². The molecule has 12 heavy (non-hydrogen) atoms. The van der Waals surface area contributed by atoms with Crippen LogP contribution in [0.3, 0.4) is 0 Å². The maximum absolute atomic E-state index is 8.83. The molecular weight excluding hydrogens is 156 g/mol. The Labute approximate surface area is 70.2 Å². The molecule has 0 fully saturated rings. The summed E-state index contributed by atoms with van der Waals surface area (Å²) in [4.78, 5) is 0. The van der Waals surface area contributed by atoms with E-state index in [1.165, 1.54) is 6.20 Å². The van der Waals surface area contributed by atoms with Gasteiger partial charge in [-0.15, -0.1) is 5.10 Å². The number of hydrogen-bond donors (Lipinski definition) is 1. The molecule has 0 amide bonds. The van der Waals surface area contributed by atoms with Gasteiger partial charge in [0.05, 0.1) is 24.6 Å². The summed E-state index contributed by atoms with van der Waals surface area (Å²) in [6, 6.07) is 1.98. The minimum Gasteiger partial charge on any atom is -0.395 e. The molecule has 1 N–H and O–H groups in total. The van der Waals surface area contributed by atoms with Crippen LogP contribution in [0, 0.1) is 11.3 Å². The Bertz CT molecular complexity index is 288. The van der Waals surface area contributed by atoms with Crippen LogP contribution in [0.4, 0.5) is 0 Å². The lowest BCUT2D eigenvalue weighted by Crippen LogP contribution is -2.09. The van der Waals surface area contributed by atoms with Gasteiger partial charge in [0.1, 0.15) is 5.92 Å². The van der Waals surface area contributed by atoms with Crippen molar-refractivity contribution in [1.82, 2.24) is 15.0 Å². The van der Waals surface area contributed by atoms with Crippen molar-refractivity contribution in [2.45, 2.75) is 19.4 Å². The Hall–Kier alpha value is -1.41. The third-order valence-corrected chi connectivity index (χ3v) is 1.64. The predicted molar refractivity (Wildman–Crippen MR) is 41.1 cm³/mol. The zero-order chi connectivity index (χ0) is 8.97. The molecule has 0 saturated heterocycles. The maximum Gasteiger partial charge on any atom is 0.113 e. The fourth-order valence-corrected chi connectivity index (χ4v) is 0.982. The van der Waals surface area contributed by atoms with Gasteiger partial charge in [0, 0.05) is 6.54 Å². The van der Waals surface area contributed by atoms with Crippen LogP contribution in [-0.4, -0.2) is 26.7 Å². The molecule has 0 aromatic carbocycles. The first-order valence-corrected chi connectivity index (χ1v) is 3.72. The van der Waals surface area contributed by atoms with Gasteiger partial charge in [0.15, 0.2) is 0 Å². The molecule has 5 nitrogen and oxygen atoms in total. The highest BCUT2D eigenvalue weighted by Crippen LogP contribution is 2.11. The number of aliphatic hydroxyl groups excluding tert-OH is 1. The van der Waals surface area contributed by atoms with Crippen LogP contribution in [0.25, 0.3) is 0 Å². The van der Waals surface area contributed by atoms with Gasteiger partial charge < -0.3 is 5.11 Å². The quantitative estimate of drug-likeness (QED) is 0.680. The number of hydrogen-bond acceptors (Lipinski definition) is 4. The van der Waals surface area contributed by atoms with Crippen LogP contribution in [0.1, 0.15) is 18.5 Å². The topological polar surface area (TPSA) is 74.7 Å². The molecule has 5 heteroatoms. The SMILES string of the molecule is CCn1nncc1C(C#N)CO. The maximum atomic E-state index is 8.83. The standard InChI is InChI=1S/C7H10N4O/c1-2-11-7(4-9-10-11)6(3-8)5-12/h4,6,12H,2,5H2,1H3. The molecule has 0 saturated carbocycles. The molecule has 1 heterocycles. The second kappa shape index (κ2) is 3.83. The summed E-state index contributed by atoms with van der Waals surface area (Å²) in [5.74, 6) is -0.514. The van der Waals surface area contributed by atoms with E-state index in [0.29, 0.717) is 12.2 Å². The van der Waals surface area contributed by atoms with Crippen LogP contribution >= 0.6 is 0 Å². The largest absolute Gasteiger partial charge is 0.395 e. The molecule has 0 aliphatic heterocycles. The summed E-state index contributed by atoms with van der Waals surface area (Å²) >= 11 is 0. The summed E-state index contributed by atoms with van der Waals surface area (Å²) in [6.07, 6.45) is 1.51. The number of aryl methyl sites for hydroxylation is 1. The fourth-order valence-electron chi connectivity index (χ4n) is 0.982. The molecule has 0 bridgehead atoms. The molecule has 1 aromatic rings. The number of rotatable bonds is 3. The molecule has 64 valence electrons. The van der Waals surface area contributed by atoms with Gasteiger partial charge in [-0.2, -0.15) is 5.26 Å². The molecule has 0 aliphatic carbocycles. The van der Waals surface area contributed by atoms with E-state index in [9.17, 15) is 0 Å². The zero-order valence-electron chi connectivity index (χ0n) is 6.80. The second-order valence-corrected chi connectivity index (χ2v) is 2.34. The minimum atomic E-state index is -0.514. The molecule has 1 atom stereocenters. The van der Waals surface area contributed by atoms with Crippen molar-refractivity contribution in [3.05, 3.63) is 11.9 Å². The Kier molecular flexibility index (Phi) is 2.77. The highest BCUT2D eigenvalue weighted by molar-refractivity contribution is 5.12. The van der Waals surface area contributed by atoms with Crippen molar-refractivity contribution in [3.8, 4) is 6.07 Å². The van der Waals surface area contributed by atoms with E-state index in [1.54, 1.807) is 4.68 Å². The summed E-state index contributed by atoms with van der Waals surface area (Å²) in [5, 5.41) is 24.9. The van der Waals surface area contributed by atoms with Crippen molar-refractivity contribution < 1.29 is 5.11 Å². The summed E-state index contributed by atoms with van der Waals surface area (Å²) in [5.41, 5.74) is 0.669.